The van der Waals surface area contributed by atoms with Crippen LogP contribution in [0.3, 0.4) is 0 Å². The van der Waals surface area contributed by atoms with Gasteiger partial charge in [0, 0.05) is 11.5 Å². The summed E-state index contributed by atoms with van der Waals surface area (Å²) >= 11 is 0. The molecule has 0 aliphatic heterocycles. The first kappa shape index (κ1) is 16.3. The highest BCUT2D eigenvalue weighted by atomic mass is 35.5. The zero-order valence-electron chi connectivity index (χ0n) is 12.7. The largest absolute Gasteiger partial charge is 0.497 e. The smallest absolute Gasteiger partial charge is 0.119 e. The standard InChI is InChI=1S/C16H25NO.ClH/c1-6-16(7-2)14-11-13(18-5)9-8-12(14)10-15(16)17(3)4;/h8-9,11,15H,6-7,10H2,1-5H3;1H. The van der Waals surface area contributed by atoms with E-state index < -0.39 is 0 Å². The van der Waals surface area contributed by atoms with Gasteiger partial charge in [0.05, 0.1) is 7.11 Å². The summed E-state index contributed by atoms with van der Waals surface area (Å²) in [5.74, 6) is 0.986. The van der Waals surface area contributed by atoms with Crippen LogP contribution in [-0.2, 0) is 11.8 Å². The van der Waals surface area contributed by atoms with Crippen LogP contribution in [0.5, 0.6) is 5.75 Å². The Morgan fingerprint density at radius 1 is 1.26 bits per heavy atom. The van der Waals surface area contributed by atoms with Gasteiger partial charge < -0.3 is 9.64 Å². The zero-order valence-corrected chi connectivity index (χ0v) is 13.5. The van der Waals surface area contributed by atoms with E-state index in [1.165, 1.54) is 24.0 Å². The van der Waals surface area contributed by atoms with E-state index in [1.807, 2.05) is 0 Å². The molecule has 1 aliphatic carbocycles. The molecule has 2 rings (SSSR count). The molecule has 1 aromatic carbocycles. The molecule has 19 heavy (non-hydrogen) atoms. The van der Waals surface area contributed by atoms with Crippen LogP contribution in [-0.4, -0.2) is 32.1 Å². The molecule has 0 spiro atoms. The molecule has 0 heterocycles. The number of fused-ring (bicyclic) bond motifs is 1. The van der Waals surface area contributed by atoms with Crippen molar-refractivity contribution in [1.29, 1.82) is 0 Å². The topological polar surface area (TPSA) is 12.5 Å². The molecule has 0 N–H and O–H groups in total. The van der Waals surface area contributed by atoms with Gasteiger partial charge in [-0.05, 0) is 56.6 Å². The van der Waals surface area contributed by atoms with Crippen molar-refractivity contribution in [2.45, 2.75) is 44.6 Å². The first-order valence-electron chi connectivity index (χ1n) is 6.92. The van der Waals surface area contributed by atoms with E-state index in [1.54, 1.807) is 7.11 Å². The minimum atomic E-state index is 0. The Labute approximate surface area is 123 Å². The van der Waals surface area contributed by atoms with Crippen molar-refractivity contribution in [3.05, 3.63) is 29.3 Å². The number of methoxy groups -OCH3 is 1. The molecule has 0 fully saturated rings. The molecule has 0 aromatic heterocycles. The molecule has 0 radical (unpaired) electrons. The van der Waals surface area contributed by atoms with Crippen LogP contribution in [0.1, 0.15) is 37.8 Å². The first-order chi connectivity index (χ1) is 8.58. The van der Waals surface area contributed by atoms with Crippen molar-refractivity contribution in [3.8, 4) is 5.75 Å². The highest BCUT2D eigenvalue weighted by Crippen LogP contribution is 2.46. The van der Waals surface area contributed by atoms with Gasteiger partial charge in [-0.25, -0.2) is 0 Å². The summed E-state index contributed by atoms with van der Waals surface area (Å²) in [4.78, 5) is 2.39. The van der Waals surface area contributed by atoms with Crippen molar-refractivity contribution < 1.29 is 4.74 Å². The quantitative estimate of drug-likeness (QED) is 0.836. The second kappa shape index (κ2) is 6.15. The second-order valence-electron chi connectivity index (χ2n) is 5.57. The Morgan fingerprint density at radius 2 is 1.89 bits per heavy atom. The first-order valence-corrected chi connectivity index (χ1v) is 6.92. The van der Waals surface area contributed by atoms with Gasteiger partial charge in [-0.2, -0.15) is 0 Å². The maximum absolute atomic E-state index is 5.40. The van der Waals surface area contributed by atoms with E-state index in [0.717, 1.165) is 12.2 Å². The molecule has 2 nitrogen and oxygen atoms in total. The van der Waals surface area contributed by atoms with Gasteiger partial charge in [0.15, 0.2) is 0 Å². The molecule has 3 heteroatoms. The van der Waals surface area contributed by atoms with Crippen molar-refractivity contribution in [2.24, 2.45) is 0 Å². The van der Waals surface area contributed by atoms with E-state index >= 15 is 0 Å². The number of rotatable bonds is 4. The maximum Gasteiger partial charge on any atom is 0.119 e. The van der Waals surface area contributed by atoms with Crippen molar-refractivity contribution in [3.63, 3.8) is 0 Å². The van der Waals surface area contributed by atoms with Crippen molar-refractivity contribution in [2.75, 3.05) is 21.2 Å². The molecule has 1 atom stereocenters. The van der Waals surface area contributed by atoms with Gasteiger partial charge in [0.25, 0.3) is 0 Å². The zero-order chi connectivity index (χ0) is 13.3. The van der Waals surface area contributed by atoms with Gasteiger partial charge in [-0.15, -0.1) is 12.4 Å². The Kier molecular flexibility index (Phi) is 5.28. The summed E-state index contributed by atoms with van der Waals surface area (Å²) in [5, 5.41) is 0. The molecule has 108 valence electrons. The van der Waals surface area contributed by atoms with Gasteiger partial charge in [0.2, 0.25) is 0 Å². The molecule has 1 aromatic rings. The van der Waals surface area contributed by atoms with Gasteiger partial charge in [-0.3, -0.25) is 0 Å². The van der Waals surface area contributed by atoms with Gasteiger partial charge >= 0.3 is 0 Å². The fourth-order valence-electron chi connectivity index (χ4n) is 3.69. The molecule has 0 saturated carbocycles. The highest BCUT2D eigenvalue weighted by molar-refractivity contribution is 5.85. The minimum Gasteiger partial charge on any atom is -0.497 e. The predicted molar refractivity (Wildman–Crippen MR) is 83.7 cm³/mol. The van der Waals surface area contributed by atoms with E-state index in [4.69, 9.17) is 4.74 Å². The molecule has 0 saturated heterocycles. The number of ether oxygens (including phenoxy) is 1. The van der Waals surface area contributed by atoms with Crippen molar-refractivity contribution in [1.82, 2.24) is 4.90 Å². The van der Waals surface area contributed by atoms with Crippen molar-refractivity contribution >= 4 is 12.4 Å². The van der Waals surface area contributed by atoms with Gasteiger partial charge in [-0.1, -0.05) is 19.9 Å². The molecule has 0 bridgehead atoms. The van der Waals surface area contributed by atoms with Crippen LogP contribution in [0.15, 0.2) is 18.2 Å². The van der Waals surface area contributed by atoms with Crippen LogP contribution >= 0.6 is 12.4 Å². The van der Waals surface area contributed by atoms with E-state index in [2.05, 4.69) is 51.0 Å². The fourth-order valence-corrected chi connectivity index (χ4v) is 3.69. The minimum absolute atomic E-state index is 0. The Bertz CT molecular complexity index is 427. The van der Waals surface area contributed by atoms with E-state index in [9.17, 15) is 0 Å². The lowest BCUT2D eigenvalue weighted by Gasteiger charge is -2.38. The summed E-state index contributed by atoms with van der Waals surface area (Å²) < 4.78 is 5.40. The Morgan fingerprint density at radius 3 is 2.37 bits per heavy atom. The number of nitrogens with zero attached hydrogens (tertiary/aromatic N) is 1. The third-order valence-corrected chi connectivity index (χ3v) is 4.79. The highest BCUT2D eigenvalue weighted by Gasteiger charge is 2.45. The predicted octanol–water partition coefficient (Wildman–Crippen LogP) is 3.66. The third kappa shape index (κ3) is 2.48. The van der Waals surface area contributed by atoms with Crippen LogP contribution < -0.4 is 4.74 Å². The Hall–Kier alpha value is -0.730. The normalized spacial score (nSPS) is 20.0. The lowest BCUT2D eigenvalue weighted by molar-refractivity contribution is 0.178. The SMILES string of the molecule is CCC1(CC)c2cc(OC)ccc2CC1N(C)C.Cl. The van der Waals surface area contributed by atoms with Crippen LogP contribution in [0.25, 0.3) is 0 Å². The number of benzene rings is 1. The summed E-state index contributed by atoms with van der Waals surface area (Å²) in [6.07, 6.45) is 3.53. The van der Waals surface area contributed by atoms with Crippen LogP contribution in [0, 0.1) is 0 Å². The van der Waals surface area contributed by atoms with Crippen LogP contribution in [0.2, 0.25) is 0 Å². The number of hydrogen-bond donors (Lipinski definition) is 0. The number of likely N-dealkylation sites (N-methyl/N-ethyl adjacent to an activating group) is 1. The second-order valence-corrected chi connectivity index (χ2v) is 5.57. The molecular weight excluding hydrogens is 258 g/mol. The molecule has 1 aliphatic rings. The summed E-state index contributed by atoms with van der Waals surface area (Å²) in [5.41, 5.74) is 3.29. The summed E-state index contributed by atoms with van der Waals surface area (Å²) in [6, 6.07) is 7.20. The lowest BCUT2D eigenvalue weighted by atomic mass is 9.73. The average molecular weight is 284 g/mol. The molecule has 0 amide bonds. The monoisotopic (exact) mass is 283 g/mol. The maximum atomic E-state index is 5.40. The fraction of sp³-hybridized carbons (Fsp3) is 0.625. The molecular formula is C16H26ClNO. The average Bonchev–Trinajstić information content (AvgIpc) is 2.72. The van der Waals surface area contributed by atoms with E-state index in [0.29, 0.717) is 6.04 Å². The number of halogens is 1. The number of hydrogen-bond acceptors (Lipinski definition) is 2. The lowest BCUT2D eigenvalue weighted by Crippen LogP contribution is -2.44. The van der Waals surface area contributed by atoms with Gasteiger partial charge in [0.1, 0.15) is 5.75 Å². The molecule has 1 unspecified atom stereocenters. The van der Waals surface area contributed by atoms with Crippen LogP contribution in [0.4, 0.5) is 0 Å². The third-order valence-electron chi connectivity index (χ3n) is 4.79. The van der Waals surface area contributed by atoms with E-state index in [-0.39, 0.29) is 17.8 Å². The summed E-state index contributed by atoms with van der Waals surface area (Å²) in [7, 11) is 6.15. The summed E-state index contributed by atoms with van der Waals surface area (Å²) in [6.45, 7) is 4.63. The Balaban J connectivity index is 0.00000180.